The van der Waals surface area contributed by atoms with Crippen molar-refractivity contribution >= 4 is 0 Å². The number of hydrogen-bond acceptors (Lipinski definition) is 2. The summed E-state index contributed by atoms with van der Waals surface area (Å²) in [5.41, 5.74) is 0.834. The van der Waals surface area contributed by atoms with Crippen LogP contribution in [0.5, 0.6) is 0 Å². The van der Waals surface area contributed by atoms with Crippen molar-refractivity contribution < 1.29 is 8.78 Å². The third-order valence-corrected chi connectivity index (χ3v) is 3.17. The third-order valence-electron chi connectivity index (χ3n) is 3.17. The number of nitrogens with one attached hydrogen (secondary N) is 2. The summed E-state index contributed by atoms with van der Waals surface area (Å²) in [6.45, 7) is 3.99. The Balaban J connectivity index is 1.68. The van der Waals surface area contributed by atoms with Crippen molar-refractivity contribution in [1.82, 2.24) is 10.6 Å². The van der Waals surface area contributed by atoms with Gasteiger partial charge in [0.2, 0.25) is 0 Å². The van der Waals surface area contributed by atoms with E-state index in [1.54, 1.807) is 6.07 Å². The van der Waals surface area contributed by atoms with Crippen molar-refractivity contribution in [3.63, 3.8) is 0 Å². The fourth-order valence-corrected chi connectivity index (χ4v) is 2.12. The largest absolute Gasteiger partial charge is 0.316 e. The highest BCUT2D eigenvalue weighted by molar-refractivity contribution is 5.17. The molecule has 1 aliphatic heterocycles. The predicted octanol–water partition coefficient (Wildman–Crippen LogP) is 1.71. The van der Waals surface area contributed by atoms with Gasteiger partial charge in [-0.1, -0.05) is 6.07 Å². The first-order chi connectivity index (χ1) is 8.25. The van der Waals surface area contributed by atoms with Gasteiger partial charge in [-0.2, -0.15) is 0 Å². The Labute approximate surface area is 100 Å². The fraction of sp³-hybridized carbons (Fsp3) is 0.538. The van der Waals surface area contributed by atoms with E-state index in [4.69, 9.17) is 0 Å². The smallest absolute Gasteiger partial charge is 0.159 e. The van der Waals surface area contributed by atoms with E-state index >= 15 is 0 Å². The molecule has 0 aliphatic carbocycles. The predicted molar refractivity (Wildman–Crippen MR) is 63.9 cm³/mol. The monoisotopic (exact) mass is 240 g/mol. The van der Waals surface area contributed by atoms with Gasteiger partial charge in [0, 0.05) is 0 Å². The zero-order chi connectivity index (χ0) is 12.1. The van der Waals surface area contributed by atoms with E-state index in [0.29, 0.717) is 5.92 Å². The zero-order valence-electron chi connectivity index (χ0n) is 9.81. The van der Waals surface area contributed by atoms with Gasteiger partial charge in [-0.15, -0.1) is 0 Å². The number of benzene rings is 1. The van der Waals surface area contributed by atoms with E-state index in [1.807, 2.05) is 0 Å². The quantitative estimate of drug-likeness (QED) is 0.766. The van der Waals surface area contributed by atoms with Gasteiger partial charge in [0.05, 0.1) is 0 Å². The van der Waals surface area contributed by atoms with Crippen LogP contribution in [0, 0.1) is 17.6 Å². The minimum atomic E-state index is -0.779. The van der Waals surface area contributed by atoms with E-state index in [0.717, 1.165) is 38.2 Å². The Morgan fingerprint density at radius 3 is 2.88 bits per heavy atom. The lowest BCUT2D eigenvalue weighted by molar-refractivity contribution is 0.503. The molecule has 0 saturated carbocycles. The van der Waals surface area contributed by atoms with Crippen molar-refractivity contribution in [2.45, 2.75) is 12.8 Å². The molecule has 1 atom stereocenters. The molecule has 17 heavy (non-hydrogen) atoms. The minimum Gasteiger partial charge on any atom is -0.316 e. The summed E-state index contributed by atoms with van der Waals surface area (Å²) in [5.74, 6) is -0.832. The normalized spacial score (nSPS) is 19.8. The molecule has 0 aromatic heterocycles. The summed E-state index contributed by atoms with van der Waals surface area (Å²) >= 11 is 0. The Hall–Kier alpha value is -1.00. The van der Waals surface area contributed by atoms with Crippen LogP contribution in [0.25, 0.3) is 0 Å². The van der Waals surface area contributed by atoms with Gasteiger partial charge in [0.1, 0.15) is 0 Å². The van der Waals surface area contributed by atoms with Crippen LogP contribution in [-0.2, 0) is 6.42 Å². The zero-order valence-corrected chi connectivity index (χ0v) is 9.81. The molecule has 2 rings (SSSR count). The van der Waals surface area contributed by atoms with Crippen molar-refractivity contribution in [1.29, 1.82) is 0 Å². The van der Waals surface area contributed by atoms with Crippen LogP contribution in [0.4, 0.5) is 8.78 Å². The van der Waals surface area contributed by atoms with Crippen LogP contribution in [0.1, 0.15) is 12.0 Å². The molecule has 2 nitrogen and oxygen atoms in total. The van der Waals surface area contributed by atoms with E-state index in [9.17, 15) is 8.78 Å². The highest BCUT2D eigenvalue weighted by Gasteiger charge is 2.13. The van der Waals surface area contributed by atoms with E-state index in [1.165, 1.54) is 18.6 Å². The van der Waals surface area contributed by atoms with E-state index in [2.05, 4.69) is 10.6 Å². The standard InChI is InChI=1S/C13H18F2N2/c14-12-2-1-10(7-13(12)15)3-5-16-8-11-4-6-17-9-11/h1-2,7,11,16-17H,3-6,8-9H2. The first-order valence-electron chi connectivity index (χ1n) is 6.11. The molecule has 1 aromatic carbocycles. The molecule has 1 fully saturated rings. The van der Waals surface area contributed by atoms with Gasteiger partial charge in [0.15, 0.2) is 11.6 Å². The van der Waals surface area contributed by atoms with Crippen LogP contribution < -0.4 is 10.6 Å². The molecule has 94 valence electrons. The maximum Gasteiger partial charge on any atom is 0.159 e. The summed E-state index contributed by atoms with van der Waals surface area (Å²) in [4.78, 5) is 0. The van der Waals surface area contributed by atoms with E-state index < -0.39 is 11.6 Å². The fourth-order valence-electron chi connectivity index (χ4n) is 2.12. The maximum atomic E-state index is 12.9. The van der Waals surface area contributed by atoms with Crippen molar-refractivity contribution in [2.24, 2.45) is 5.92 Å². The Morgan fingerprint density at radius 2 is 2.18 bits per heavy atom. The van der Waals surface area contributed by atoms with Crippen LogP contribution in [-0.4, -0.2) is 26.2 Å². The van der Waals surface area contributed by atoms with Gasteiger partial charge in [-0.3, -0.25) is 0 Å². The van der Waals surface area contributed by atoms with Crippen molar-refractivity contribution in [3.8, 4) is 0 Å². The molecule has 0 spiro atoms. The van der Waals surface area contributed by atoms with Gasteiger partial charge in [-0.25, -0.2) is 8.78 Å². The second kappa shape index (κ2) is 6.07. The first kappa shape index (κ1) is 12.5. The maximum absolute atomic E-state index is 12.9. The first-order valence-corrected chi connectivity index (χ1v) is 6.11. The van der Waals surface area contributed by atoms with Crippen LogP contribution in [0.2, 0.25) is 0 Å². The molecule has 1 saturated heterocycles. The van der Waals surface area contributed by atoms with Gasteiger partial charge < -0.3 is 10.6 Å². The molecular weight excluding hydrogens is 222 g/mol. The molecule has 4 heteroatoms. The molecule has 0 radical (unpaired) electrons. The molecule has 0 amide bonds. The van der Waals surface area contributed by atoms with Crippen LogP contribution >= 0.6 is 0 Å². The average molecular weight is 240 g/mol. The van der Waals surface area contributed by atoms with Gasteiger partial charge in [0.25, 0.3) is 0 Å². The van der Waals surface area contributed by atoms with Gasteiger partial charge in [-0.05, 0) is 62.6 Å². The van der Waals surface area contributed by atoms with Crippen LogP contribution in [0.15, 0.2) is 18.2 Å². The molecule has 2 N–H and O–H groups in total. The second-order valence-corrected chi connectivity index (χ2v) is 4.56. The summed E-state index contributed by atoms with van der Waals surface area (Å²) in [6.07, 6.45) is 1.95. The van der Waals surface area contributed by atoms with Crippen molar-refractivity contribution in [3.05, 3.63) is 35.4 Å². The highest BCUT2D eigenvalue weighted by Crippen LogP contribution is 2.09. The molecule has 1 aromatic rings. The summed E-state index contributed by atoms with van der Waals surface area (Å²) in [5, 5.41) is 6.67. The molecule has 0 bridgehead atoms. The lowest BCUT2D eigenvalue weighted by Gasteiger charge is -2.09. The van der Waals surface area contributed by atoms with Crippen molar-refractivity contribution in [2.75, 3.05) is 26.2 Å². The topological polar surface area (TPSA) is 24.1 Å². The summed E-state index contributed by atoms with van der Waals surface area (Å²) in [7, 11) is 0. The molecule has 1 unspecified atom stereocenters. The lowest BCUT2D eigenvalue weighted by Crippen LogP contribution is -2.26. The summed E-state index contributed by atoms with van der Waals surface area (Å²) < 4.78 is 25.6. The summed E-state index contributed by atoms with van der Waals surface area (Å²) in [6, 6.07) is 4.09. The third kappa shape index (κ3) is 3.75. The Morgan fingerprint density at radius 1 is 1.29 bits per heavy atom. The molecule has 1 heterocycles. The number of rotatable bonds is 5. The van der Waals surface area contributed by atoms with Crippen LogP contribution in [0.3, 0.4) is 0 Å². The van der Waals surface area contributed by atoms with E-state index in [-0.39, 0.29) is 0 Å². The SMILES string of the molecule is Fc1ccc(CCNCC2CCNC2)cc1F. The average Bonchev–Trinajstić information content (AvgIpc) is 2.82. The highest BCUT2D eigenvalue weighted by atomic mass is 19.2. The number of hydrogen-bond donors (Lipinski definition) is 2. The molecule has 1 aliphatic rings. The second-order valence-electron chi connectivity index (χ2n) is 4.56. The number of halogens is 2. The lowest BCUT2D eigenvalue weighted by atomic mass is 10.1. The Bertz CT molecular complexity index is 362. The minimum absolute atomic E-state index is 0.708. The van der Waals surface area contributed by atoms with Gasteiger partial charge >= 0.3 is 0 Å². The molecular formula is C13H18F2N2. The Kier molecular flexibility index (Phi) is 4.45.